The van der Waals surface area contributed by atoms with Crippen molar-refractivity contribution in [1.82, 2.24) is 0 Å². The van der Waals surface area contributed by atoms with Crippen LogP contribution in [-0.4, -0.2) is 5.97 Å². The summed E-state index contributed by atoms with van der Waals surface area (Å²) in [4.78, 5) is 12.1. The van der Waals surface area contributed by atoms with Crippen LogP contribution in [0.5, 0.6) is 0 Å². The van der Waals surface area contributed by atoms with Gasteiger partial charge in [0.15, 0.2) is 0 Å². The van der Waals surface area contributed by atoms with Crippen molar-refractivity contribution in [2.24, 2.45) is 5.92 Å². The van der Waals surface area contributed by atoms with E-state index in [4.69, 9.17) is 4.74 Å². The van der Waals surface area contributed by atoms with Gasteiger partial charge in [-0.3, -0.25) is 4.79 Å². The fourth-order valence-electron chi connectivity index (χ4n) is 2.14. The summed E-state index contributed by atoms with van der Waals surface area (Å²) in [6, 6.07) is 19.9. The molecular weight excluding hydrogens is 248 g/mol. The van der Waals surface area contributed by atoms with Gasteiger partial charge in [-0.25, -0.2) is 0 Å². The van der Waals surface area contributed by atoms with Crippen molar-refractivity contribution in [2.75, 3.05) is 0 Å². The number of hydrogen-bond acceptors (Lipinski definition) is 2. The first-order valence-electron chi connectivity index (χ1n) is 7.04. The van der Waals surface area contributed by atoms with Crippen LogP contribution in [0, 0.1) is 5.92 Å². The van der Waals surface area contributed by atoms with E-state index in [-0.39, 0.29) is 11.9 Å². The summed E-state index contributed by atoms with van der Waals surface area (Å²) >= 11 is 0. The van der Waals surface area contributed by atoms with Gasteiger partial charge >= 0.3 is 5.97 Å². The first-order chi connectivity index (χ1) is 9.79. The van der Waals surface area contributed by atoms with Gasteiger partial charge in [0.25, 0.3) is 0 Å². The summed E-state index contributed by atoms with van der Waals surface area (Å²) in [5.74, 6) is -0.179. The zero-order valence-corrected chi connectivity index (χ0v) is 11.8. The predicted molar refractivity (Wildman–Crippen MR) is 80.2 cm³/mol. The number of carbonyl (C=O) groups is 1. The fraction of sp³-hybridized carbons (Fsp3) is 0.278. The van der Waals surface area contributed by atoms with Crippen LogP contribution in [-0.2, 0) is 22.6 Å². The van der Waals surface area contributed by atoms with Gasteiger partial charge in [0.2, 0.25) is 0 Å². The van der Waals surface area contributed by atoms with E-state index in [1.54, 1.807) is 0 Å². The summed E-state index contributed by atoms with van der Waals surface area (Å²) in [6.07, 6.45) is 1.54. The molecule has 1 atom stereocenters. The zero-order valence-electron chi connectivity index (χ0n) is 11.8. The minimum atomic E-state index is -0.111. The zero-order chi connectivity index (χ0) is 14.2. The average Bonchev–Trinajstić information content (AvgIpc) is 2.52. The Hall–Kier alpha value is -2.09. The molecule has 2 nitrogen and oxygen atoms in total. The Balaban J connectivity index is 1.89. The lowest BCUT2D eigenvalue weighted by Crippen LogP contribution is -2.19. The quantitative estimate of drug-likeness (QED) is 0.740. The molecule has 0 aliphatic rings. The number of carbonyl (C=O) groups excluding carboxylic acids is 1. The van der Waals surface area contributed by atoms with Gasteiger partial charge < -0.3 is 4.74 Å². The van der Waals surface area contributed by atoms with Crippen LogP contribution in [0.2, 0.25) is 0 Å². The van der Waals surface area contributed by atoms with Crippen molar-refractivity contribution in [3.05, 3.63) is 71.8 Å². The normalized spacial score (nSPS) is 11.8. The molecule has 2 aromatic carbocycles. The molecule has 0 unspecified atom stereocenters. The van der Waals surface area contributed by atoms with E-state index in [0.717, 1.165) is 18.4 Å². The third kappa shape index (κ3) is 4.23. The molecule has 0 radical (unpaired) electrons. The predicted octanol–water partition coefficient (Wildman–Crippen LogP) is 4.00. The summed E-state index contributed by atoms with van der Waals surface area (Å²) < 4.78 is 5.41. The van der Waals surface area contributed by atoms with Crippen LogP contribution in [0.3, 0.4) is 0 Å². The molecule has 0 saturated carbocycles. The van der Waals surface area contributed by atoms with Gasteiger partial charge in [-0.2, -0.15) is 0 Å². The lowest BCUT2D eigenvalue weighted by Gasteiger charge is -2.14. The molecule has 0 spiro atoms. The van der Waals surface area contributed by atoms with Crippen LogP contribution < -0.4 is 0 Å². The van der Waals surface area contributed by atoms with Crippen molar-refractivity contribution < 1.29 is 9.53 Å². The molecule has 0 saturated heterocycles. The lowest BCUT2D eigenvalue weighted by molar-refractivity contribution is -0.150. The number of esters is 1. The largest absolute Gasteiger partial charge is 0.461 e. The summed E-state index contributed by atoms with van der Waals surface area (Å²) in [7, 11) is 0. The monoisotopic (exact) mass is 268 g/mol. The smallest absolute Gasteiger partial charge is 0.309 e. The number of ether oxygens (including phenoxy) is 1. The Morgan fingerprint density at radius 2 is 1.50 bits per heavy atom. The van der Waals surface area contributed by atoms with Gasteiger partial charge in [0.1, 0.15) is 6.61 Å². The van der Waals surface area contributed by atoms with Crippen LogP contribution in [0.4, 0.5) is 0 Å². The van der Waals surface area contributed by atoms with E-state index in [9.17, 15) is 4.79 Å². The molecule has 0 N–H and O–H groups in total. The van der Waals surface area contributed by atoms with Crippen molar-refractivity contribution in [3.63, 3.8) is 0 Å². The van der Waals surface area contributed by atoms with Crippen molar-refractivity contribution in [1.29, 1.82) is 0 Å². The maximum Gasteiger partial charge on any atom is 0.309 e. The molecule has 2 rings (SSSR count). The topological polar surface area (TPSA) is 26.3 Å². The molecule has 0 bridgehead atoms. The highest BCUT2D eigenvalue weighted by Gasteiger charge is 2.18. The summed E-state index contributed by atoms with van der Waals surface area (Å²) in [6.45, 7) is 2.38. The Morgan fingerprint density at radius 1 is 0.950 bits per heavy atom. The van der Waals surface area contributed by atoms with Crippen LogP contribution >= 0.6 is 0 Å². The maximum absolute atomic E-state index is 12.1. The average molecular weight is 268 g/mol. The molecule has 0 heterocycles. The van der Waals surface area contributed by atoms with Crippen molar-refractivity contribution in [3.8, 4) is 0 Å². The third-order valence-corrected chi connectivity index (χ3v) is 3.37. The van der Waals surface area contributed by atoms with E-state index >= 15 is 0 Å². The highest BCUT2D eigenvalue weighted by atomic mass is 16.5. The fourth-order valence-corrected chi connectivity index (χ4v) is 2.14. The molecular formula is C18H20O2. The van der Waals surface area contributed by atoms with E-state index in [1.807, 2.05) is 67.6 Å². The van der Waals surface area contributed by atoms with E-state index in [0.29, 0.717) is 6.61 Å². The van der Waals surface area contributed by atoms with Gasteiger partial charge in [-0.05, 0) is 24.0 Å². The standard InChI is InChI=1S/C18H20O2/c1-2-17(13-15-9-5-3-6-10-15)18(19)20-14-16-11-7-4-8-12-16/h3-12,17H,2,13-14H2,1H3/t17-/m1/s1. The third-order valence-electron chi connectivity index (χ3n) is 3.37. The first-order valence-corrected chi connectivity index (χ1v) is 7.04. The van der Waals surface area contributed by atoms with E-state index in [1.165, 1.54) is 5.56 Å². The molecule has 0 aliphatic carbocycles. The Bertz CT molecular complexity index is 520. The number of rotatable bonds is 6. The second-order valence-electron chi connectivity index (χ2n) is 4.89. The van der Waals surface area contributed by atoms with Crippen LogP contribution in [0.25, 0.3) is 0 Å². The molecule has 2 aromatic rings. The number of hydrogen-bond donors (Lipinski definition) is 0. The summed E-state index contributed by atoms with van der Waals surface area (Å²) in [5, 5.41) is 0. The molecule has 0 fully saturated rings. The molecule has 0 amide bonds. The molecule has 104 valence electrons. The Labute approximate surface area is 120 Å². The molecule has 2 heteroatoms. The van der Waals surface area contributed by atoms with Crippen LogP contribution in [0.15, 0.2) is 60.7 Å². The lowest BCUT2D eigenvalue weighted by atomic mass is 9.97. The molecule has 0 aliphatic heterocycles. The van der Waals surface area contributed by atoms with Gasteiger partial charge in [-0.15, -0.1) is 0 Å². The van der Waals surface area contributed by atoms with Crippen molar-refractivity contribution >= 4 is 5.97 Å². The van der Waals surface area contributed by atoms with Gasteiger partial charge in [0, 0.05) is 0 Å². The van der Waals surface area contributed by atoms with Crippen LogP contribution in [0.1, 0.15) is 24.5 Å². The Kier molecular flexibility index (Phi) is 5.36. The van der Waals surface area contributed by atoms with Crippen molar-refractivity contribution in [2.45, 2.75) is 26.4 Å². The number of benzene rings is 2. The second kappa shape index (κ2) is 7.49. The Morgan fingerprint density at radius 3 is 2.05 bits per heavy atom. The first kappa shape index (κ1) is 14.3. The van der Waals surface area contributed by atoms with E-state index < -0.39 is 0 Å². The summed E-state index contributed by atoms with van der Waals surface area (Å²) in [5.41, 5.74) is 2.20. The minimum absolute atomic E-state index is 0.0684. The second-order valence-corrected chi connectivity index (χ2v) is 4.89. The SMILES string of the molecule is CC[C@H](Cc1ccccc1)C(=O)OCc1ccccc1. The van der Waals surface area contributed by atoms with E-state index in [2.05, 4.69) is 0 Å². The van der Waals surface area contributed by atoms with Gasteiger partial charge in [-0.1, -0.05) is 67.6 Å². The molecule has 20 heavy (non-hydrogen) atoms. The highest BCUT2D eigenvalue weighted by molar-refractivity contribution is 5.72. The maximum atomic E-state index is 12.1. The van der Waals surface area contributed by atoms with Gasteiger partial charge in [0.05, 0.1) is 5.92 Å². The molecule has 0 aromatic heterocycles. The highest BCUT2D eigenvalue weighted by Crippen LogP contribution is 2.15. The minimum Gasteiger partial charge on any atom is -0.461 e.